The number of benzene rings is 1. The summed E-state index contributed by atoms with van der Waals surface area (Å²) in [4.78, 5) is 23.5. The average molecular weight is 338 g/mol. The molecule has 122 valence electrons. The predicted octanol–water partition coefficient (Wildman–Crippen LogP) is 3.29. The molecule has 6 heteroatoms. The van der Waals surface area contributed by atoms with E-state index in [0.717, 1.165) is 36.8 Å². The molecule has 1 aliphatic heterocycles. The van der Waals surface area contributed by atoms with Gasteiger partial charge in [0.2, 0.25) is 5.91 Å². The molecule has 2 aromatic heterocycles. The molecule has 5 nitrogen and oxygen atoms in total. The molecule has 1 N–H and O–H groups in total. The van der Waals surface area contributed by atoms with Crippen LogP contribution in [0.2, 0.25) is 0 Å². The molecule has 0 aliphatic carbocycles. The van der Waals surface area contributed by atoms with E-state index in [2.05, 4.69) is 44.5 Å². The van der Waals surface area contributed by atoms with Crippen molar-refractivity contribution in [1.82, 2.24) is 14.9 Å². The van der Waals surface area contributed by atoms with E-state index in [9.17, 15) is 4.79 Å². The fourth-order valence-corrected chi connectivity index (χ4v) is 3.83. The maximum Gasteiger partial charge on any atom is 0.243 e. The number of likely N-dealkylation sites (tertiary alicyclic amines) is 1. The van der Waals surface area contributed by atoms with E-state index in [1.807, 2.05) is 17.6 Å². The fraction of sp³-hybridized carbons (Fsp3) is 0.278. The van der Waals surface area contributed by atoms with Gasteiger partial charge in [-0.25, -0.2) is 4.98 Å². The van der Waals surface area contributed by atoms with Crippen LogP contribution in [0.1, 0.15) is 18.4 Å². The van der Waals surface area contributed by atoms with E-state index in [1.54, 1.807) is 6.20 Å². The summed E-state index contributed by atoms with van der Waals surface area (Å²) in [7, 11) is 0. The van der Waals surface area contributed by atoms with Crippen molar-refractivity contribution in [2.24, 2.45) is 0 Å². The zero-order chi connectivity index (χ0) is 16.4. The summed E-state index contributed by atoms with van der Waals surface area (Å²) < 4.78 is 0. The SMILES string of the molecule is O=C(Nc1nccs1)[C@@H]1CCCN1Cc1cccc2cccnc12. The minimum Gasteiger partial charge on any atom is -0.301 e. The third-order valence-electron chi connectivity index (χ3n) is 4.42. The molecule has 0 spiro atoms. The van der Waals surface area contributed by atoms with Crippen molar-refractivity contribution in [3.05, 3.63) is 53.7 Å². The smallest absolute Gasteiger partial charge is 0.243 e. The van der Waals surface area contributed by atoms with Gasteiger partial charge < -0.3 is 5.32 Å². The lowest BCUT2D eigenvalue weighted by Gasteiger charge is -2.23. The second-order valence-corrected chi connectivity index (χ2v) is 6.84. The van der Waals surface area contributed by atoms with Gasteiger partial charge in [-0.15, -0.1) is 11.3 Å². The minimum atomic E-state index is -0.104. The van der Waals surface area contributed by atoms with Crippen LogP contribution in [0.4, 0.5) is 5.13 Å². The number of para-hydroxylation sites is 1. The Kier molecular flexibility index (Phi) is 4.23. The predicted molar refractivity (Wildman–Crippen MR) is 95.9 cm³/mol. The van der Waals surface area contributed by atoms with E-state index in [4.69, 9.17) is 0 Å². The van der Waals surface area contributed by atoms with Crippen LogP contribution in [-0.2, 0) is 11.3 Å². The normalized spacial score (nSPS) is 18.1. The van der Waals surface area contributed by atoms with E-state index in [-0.39, 0.29) is 11.9 Å². The molecule has 0 saturated carbocycles. The van der Waals surface area contributed by atoms with E-state index >= 15 is 0 Å². The quantitative estimate of drug-likeness (QED) is 0.793. The van der Waals surface area contributed by atoms with Crippen molar-refractivity contribution in [2.45, 2.75) is 25.4 Å². The standard InChI is InChI=1S/C18H18N4OS/c23-17(21-18-20-9-11-24-18)15-7-3-10-22(15)12-14-5-1-4-13-6-2-8-19-16(13)14/h1-2,4-6,8-9,11,15H,3,7,10,12H2,(H,20,21,23)/t15-/m0/s1. The van der Waals surface area contributed by atoms with Crippen LogP contribution in [0.15, 0.2) is 48.1 Å². The number of anilines is 1. The number of fused-ring (bicyclic) bond motifs is 1. The molecule has 1 aromatic carbocycles. The van der Waals surface area contributed by atoms with Gasteiger partial charge in [-0.2, -0.15) is 0 Å². The van der Waals surface area contributed by atoms with Crippen molar-refractivity contribution < 1.29 is 4.79 Å². The summed E-state index contributed by atoms with van der Waals surface area (Å²) in [5.74, 6) is 0.0376. The van der Waals surface area contributed by atoms with Gasteiger partial charge in [0.25, 0.3) is 0 Å². The summed E-state index contributed by atoms with van der Waals surface area (Å²) in [5.41, 5.74) is 2.19. The van der Waals surface area contributed by atoms with Crippen LogP contribution in [-0.4, -0.2) is 33.4 Å². The van der Waals surface area contributed by atoms with Crippen LogP contribution in [0.3, 0.4) is 0 Å². The molecule has 1 saturated heterocycles. The Morgan fingerprint density at radius 3 is 3.04 bits per heavy atom. The van der Waals surface area contributed by atoms with Gasteiger partial charge in [-0.3, -0.25) is 14.7 Å². The summed E-state index contributed by atoms with van der Waals surface area (Å²) >= 11 is 1.45. The largest absolute Gasteiger partial charge is 0.301 e. The molecule has 3 heterocycles. The second kappa shape index (κ2) is 6.67. The van der Waals surface area contributed by atoms with Gasteiger partial charge in [0, 0.05) is 29.7 Å². The van der Waals surface area contributed by atoms with Crippen molar-refractivity contribution in [2.75, 3.05) is 11.9 Å². The number of nitrogens with one attached hydrogen (secondary N) is 1. The van der Waals surface area contributed by atoms with Gasteiger partial charge in [-0.1, -0.05) is 24.3 Å². The zero-order valence-corrected chi connectivity index (χ0v) is 14.0. The lowest BCUT2D eigenvalue weighted by molar-refractivity contribution is -0.120. The van der Waals surface area contributed by atoms with Crippen LogP contribution in [0, 0.1) is 0 Å². The van der Waals surface area contributed by atoms with Crippen LogP contribution < -0.4 is 5.32 Å². The lowest BCUT2D eigenvalue weighted by Crippen LogP contribution is -2.39. The lowest BCUT2D eigenvalue weighted by atomic mass is 10.1. The van der Waals surface area contributed by atoms with Crippen molar-refractivity contribution in [3.63, 3.8) is 0 Å². The molecule has 0 bridgehead atoms. The van der Waals surface area contributed by atoms with Crippen molar-refractivity contribution >= 4 is 33.3 Å². The number of carbonyl (C=O) groups is 1. The number of carbonyl (C=O) groups excluding carboxylic acids is 1. The van der Waals surface area contributed by atoms with Gasteiger partial charge in [-0.05, 0) is 31.0 Å². The number of thiazole rings is 1. The highest BCUT2D eigenvalue weighted by Crippen LogP contribution is 2.24. The molecule has 1 amide bonds. The molecule has 0 unspecified atom stereocenters. The molecule has 24 heavy (non-hydrogen) atoms. The Hall–Kier alpha value is -2.31. The Labute approximate surface area is 144 Å². The number of pyridine rings is 1. The topological polar surface area (TPSA) is 58.1 Å². The highest BCUT2D eigenvalue weighted by atomic mass is 32.1. The molecule has 1 aliphatic rings. The van der Waals surface area contributed by atoms with Crippen molar-refractivity contribution in [1.29, 1.82) is 0 Å². The highest BCUT2D eigenvalue weighted by molar-refractivity contribution is 7.13. The van der Waals surface area contributed by atoms with Crippen LogP contribution in [0.25, 0.3) is 10.9 Å². The summed E-state index contributed by atoms with van der Waals surface area (Å²) in [6.45, 7) is 1.67. The third kappa shape index (κ3) is 3.02. The Balaban J connectivity index is 1.53. The van der Waals surface area contributed by atoms with E-state index in [1.165, 1.54) is 16.9 Å². The fourth-order valence-electron chi connectivity index (χ4n) is 3.30. The summed E-state index contributed by atoms with van der Waals surface area (Å²) in [5, 5.41) is 6.60. The Morgan fingerprint density at radius 2 is 2.17 bits per heavy atom. The molecule has 1 fully saturated rings. The molecular formula is C18H18N4OS. The van der Waals surface area contributed by atoms with Crippen LogP contribution in [0.5, 0.6) is 0 Å². The molecular weight excluding hydrogens is 320 g/mol. The van der Waals surface area contributed by atoms with Crippen molar-refractivity contribution in [3.8, 4) is 0 Å². The molecule has 1 atom stereocenters. The maximum atomic E-state index is 12.6. The first kappa shape index (κ1) is 15.2. The van der Waals surface area contributed by atoms with Gasteiger partial charge in [0.1, 0.15) is 0 Å². The number of hydrogen-bond acceptors (Lipinski definition) is 5. The first-order valence-corrected chi connectivity index (χ1v) is 8.96. The van der Waals surface area contributed by atoms with Gasteiger partial charge in [0.05, 0.1) is 11.6 Å². The number of hydrogen-bond donors (Lipinski definition) is 1. The van der Waals surface area contributed by atoms with Crippen LogP contribution >= 0.6 is 11.3 Å². The minimum absolute atomic E-state index is 0.0376. The number of nitrogens with zero attached hydrogens (tertiary/aromatic N) is 3. The Morgan fingerprint density at radius 1 is 1.25 bits per heavy atom. The van der Waals surface area contributed by atoms with E-state index in [0.29, 0.717) is 5.13 Å². The average Bonchev–Trinajstić information content (AvgIpc) is 3.27. The maximum absolute atomic E-state index is 12.6. The van der Waals surface area contributed by atoms with Gasteiger partial charge >= 0.3 is 0 Å². The molecule has 0 radical (unpaired) electrons. The zero-order valence-electron chi connectivity index (χ0n) is 13.2. The highest BCUT2D eigenvalue weighted by Gasteiger charge is 2.31. The first-order valence-electron chi connectivity index (χ1n) is 8.08. The molecule has 4 rings (SSSR count). The molecule has 3 aromatic rings. The second-order valence-electron chi connectivity index (χ2n) is 5.95. The number of aromatic nitrogens is 2. The summed E-state index contributed by atoms with van der Waals surface area (Å²) in [6.07, 6.45) is 5.44. The number of rotatable bonds is 4. The van der Waals surface area contributed by atoms with E-state index < -0.39 is 0 Å². The summed E-state index contributed by atoms with van der Waals surface area (Å²) in [6, 6.07) is 10.1. The Bertz CT molecular complexity index is 844. The van der Waals surface area contributed by atoms with Gasteiger partial charge in [0.15, 0.2) is 5.13 Å². The number of amides is 1. The first-order chi connectivity index (χ1) is 11.8. The third-order valence-corrected chi connectivity index (χ3v) is 5.11. The monoisotopic (exact) mass is 338 g/mol.